The van der Waals surface area contributed by atoms with Gasteiger partial charge >= 0.3 is 0 Å². The van der Waals surface area contributed by atoms with Gasteiger partial charge in [0.25, 0.3) is 0 Å². The summed E-state index contributed by atoms with van der Waals surface area (Å²) < 4.78 is 2.26. The summed E-state index contributed by atoms with van der Waals surface area (Å²) >= 11 is 0. The Morgan fingerprint density at radius 1 is 0.238 bits per heavy atom. The number of aliphatic imine (C=N–C) groups is 2. The predicted octanol–water partition coefficient (Wildman–Crippen LogP) is 35.3. The van der Waals surface area contributed by atoms with E-state index < -0.39 is 0 Å². The summed E-state index contributed by atoms with van der Waals surface area (Å²) in [4.78, 5) is 32.6. The first-order valence-electron chi connectivity index (χ1n) is 49.3. The number of aryl methyl sites for hydroxylation is 1. The lowest BCUT2D eigenvalue weighted by Gasteiger charge is -2.22. The topological polar surface area (TPSA) is 94.1 Å². The molecule has 0 spiro atoms. The van der Waals surface area contributed by atoms with Crippen molar-refractivity contribution in [2.75, 3.05) is 0 Å². The molecule has 0 radical (unpaired) electrons. The molecule has 1 aliphatic carbocycles. The first-order chi connectivity index (χ1) is 70.9. The number of hydrogen-bond donors (Lipinski definition) is 0. The minimum absolute atomic E-state index is 0.866. The number of aromatic nitrogens is 6. The Balaban J connectivity index is 0.000000114. The Hall–Kier alpha value is -18.4. The van der Waals surface area contributed by atoms with E-state index in [0.717, 1.165) is 106 Å². The van der Waals surface area contributed by atoms with Crippen LogP contribution in [0.1, 0.15) is 48.8 Å². The third-order valence-electron chi connectivity index (χ3n) is 28.5. The first kappa shape index (κ1) is 86.2. The van der Waals surface area contributed by atoms with Crippen molar-refractivity contribution in [3.05, 3.63) is 509 Å². The molecule has 0 saturated carbocycles. The molecule has 8 nitrogen and oxygen atoms in total. The molecule has 3 aliphatic rings. The van der Waals surface area contributed by atoms with Gasteiger partial charge in [0.1, 0.15) is 5.82 Å². The van der Waals surface area contributed by atoms with Crippen molar-refractivity contribution in [3.8, 4) is 140 Å². The Bertz CT molecular complexity index is 9210. The van der Waals surface area contributed by atoms with Crippen molar-refractivity contribution in [1.29, 1.82) is 0 Å². The maximum Gasteiger partial charge on any atom is 0.145 e. The molecule has 143 heavy (non-hydrogen) atoms. The summed E-state index contributed by atoms with van der Waals surface area (Å²) in [6.07, 6.45) is 27.9. The number of benzene rings is 19. The van der Waals surface area contributed by atoms with Crippen molar-refractivity contribution >= 4 is 110 Å². The molecule has 8 heteroatoms. The lowest BCUT2D eigenvalue weighted by atomic mass is 9.83. The first-order valence-corrected chi connectivity index (χ1v) is 49.3. The molecule has 5 aromatic heterocycles. The third-order valence-corrected chi connectivity index (χ3v) is 28.5. The molecule has 0 bridgehead atoms. The second kappa shape index (κ2) is 38.2. The summed E-state index contributed by atoms with van der Waals surface area (Å²) in [5.74, 6) is 0.938. The number of fused-ring (bicyclic) bond motifs is 9. The molecule has 0 atom stereocenters. The fourth-order valence-corrected chi connectivity index (χ4v) is 21.7. The summed E-state index contributed by atoms with van der Waals surface area (Å²) in [6.45, 7) is 0. The normalized spacial score (nSPS) is 12.8. The van der Waals surface area contributed by atoms with Gasteiger partial charge in [-0.05, 0) is 345 Å². The SMILES string of the molecule is C1=CN=C(C2=NC=C(c3c4ccccc4c(-c4ccc(-c5ccccn5)nc4)c4ccc(-c5ccccc5)cc34)CC2)CC1.C1=Cc2ccc(-c3c4ccccc4c(-c4ccc5ccccc5c4)c4cc(-c5ccc(-c6nc7ccccc7n6-c6ccccc6)cc5)ccc34)cc2CC1.c1ccc(-c2ccc3c(-c4cccc(-c5ccncc5)c4)c4ccccc4c(-c4cccc(-c5ccncc5)c4)c3c2)cc1. The minimum Gasteiger partial charge on any atom is -0.292 e. The molecule has 0 unspecified atom stereocenters. The van der Waals surface area contributed by atoms with Crippen LogP contribution < -0.4 is 0 Å². The quantitative estimate of drug-likeness (QED) is 0.0953. The lowest BCUT2D eigenvalue weighted by Crippen LogP contribution is -2.17. The van der Waals surface area contributed by atoms with Crippen molar-refractivity contribution in [2.24, 2.45) is 9.98 Å². The van der Waals surface area contributed by atoms with Crippen molar-refractivity contribution < 1.29 is 0 Å². The van der Waals surface area contributed by atoms with E-state index in [1.165, 1.54) is 192 Å². The second-order valence-corrected chi connectivity index (χ2v) is 37.0. The van der Waals surface area contributed by atoms with E-state index in [4.69, 9.17) is 15.0 Å². The van der Waals surface area contributed by atoms with Gasteiger partial charge < -0.3 is 0 Å². The van der Waals surface area contributed by atoms with Crippen LogP contribution in [0, 0.1) is 0 Å². The lowest BCUT2D eigenvalue weighted by molar-refractivity contribution is 0.986. The predicted molar refractivity (Wildman–Crippen MR) is 601 cm³/mol. The van der Waals surface area contributed by atoms with Gasteiger partial charge in [-0.15, -0.1) is 0 Å². The molecule has 0 fully saturated rings. The molecule has 0 N–H and O–H groups in total. The van der Waals surface area contributed by atoms with Gasteiger partial charge in [0, 0.05) is 66.4 Å². The standard InChI is InChI=1S/C53H36N2.C42H28N2.C40H30N4/c1-2-16-44(17-3-1)55-50-21-11-10-20-49(50)54-53(55)38-26-22-37(23-27-38)41-30-31-47-48(34-41)52(43-29-25-36-13-5-7-15-40(36)33-43)46-19-9-8-18-45(46)51(47)42-28-24-35-12-4-6-14-39(35)32-42;1-2-8-29(9-3-1)34-16-17-39-40(28-34)42(36-13-7-11-33(27-36)31-20-24-44-25-21-31)38-15-5-4-14-37(38)41(39)35-12-6-10-32(26-35)30-18-22-43-23-19-30;1-2-10-27(11-3-1)28-16-19-33-34(24-28)40(30-18-21-38(44-26-30)36-15-7-9-23-42-36)32-13-5-4-12-31(32)39(33)29-17-20-37(43-25-29)35-14-6-8-22-41-35/h1-5,7-13,15-34H,6,14H2;1-28H;1-6,8-14,16-17,19-20,22-26H,7,15,18,21H2. The fourth-order valence-electron chi connectivity index (χ4n) is 21.7. The molecule has 674 valence electrons. The molecule has 0 amide bonds. The highest BCUT2D eigenvalue weighted by Crippen LogP contribution is 2.51. The van der Waals surface area contributed by atoms with Crippen LogP contribution in [0.15, 0.2) is 502 Å². The smallest absolute Gasteiger partial charge is 0.145 e. The zero-order chi connectivity index (χ0) is 94.9. The summed E-state index contributed by atoms with van der Waals surface area (Å²) in [6, 6.07) is 156. The Morgan fingerprint density at radius 3 is 1.22 bits per heavy atom. The highest BCUT2D eigenvalue weighted by atomic mass is 15.1. The average molecular weight is 1830 g/mol. The number of imidazole rings is 1. The monoisotopic (exact) mass is 1830 g/mol. The van der Waals surface area contributed by atoms with Crippen molar-refractivity contribution in [3.63, 3.8) is 0 Å². The van der Waals surface area contributed by atoms with Crippen LogP contribution in [0.2, 0.25) is 0 Å². The van der Waals surface area contributed by atoms with Crippen LogP contribution in [0.4, 0.5) is 0 Å². The van der Waals surface area contributed by atoms with Gasteiger partial charge in [-0.25, -0.2) is 4.98 Å². The summed E-state index contributed by atoms with van der Waals surface area (Å²) in [5, 5.41) is 17.4. The number of para-hydroxylation sites is 3. The molecular formula is C135H94N8. The number of nitrogens with zero attached hydrogens (tertiary/aromatic N) is 8. The van der Waals surface area contributed by atoms with Crippen LogP contribution in [-0.2, 0) is 6.42 Å². The summed E-state index contributed by atoms with van der Waals surface area (Å²) in [5.41, 5.74) is 37.7. The number of allylic oxidation sites excluding steroid dienone is 3. The Kier molecular flexibility index (Phi) is 23.0. The molecular weight excluding hydrogens is 1730 g/mol. The van der Waals surface area contributed by atoms with Crippen molar-refractivity contribution in [1.82, 2.24) is 29.5 Å². The number of pyridine rings is 4. The van der Waals surface area contributed by atoms with Gasteiger partial charge in [-0.3, -0.25) is 34.5 Å². The van der Waals surface area contributed by atoms with Crippen LogP contribution in [0.5, 0.6) is 0 Å². The largest absolute Gasteiger partial charge is 0.292 e. The van der Waals surface area contributed by atoms with Gasteiger partial charge in [0.2, 0.25) is 0 Å². The molecule has 0 saturated heterocycles. The average Bonchev–Trinajstić information content (AvgIpc) is 1.11. The van der Waals surface area contributed by atoms with E-state index in [-0.39, 0.29) is 0 Å². The summed E-state index contributed by atoms with van der Waals surface area (Å²) in [7, 11) is 0. The Morgan fingerprint density at radius 2 is 0.664 bits per heavy atom. The van der Waals surface area contributed by atoms with E-state index in [1.54, 1.807) is 0 Å². The zero-order valence-corrected chi connectivity index (χ0v) is 78.7. The van der Waals surface area contributed by atoms with Gasteiger partial charge in [-0.2, -0.15) is 0 Å². The Labute approximate surface area is 830 Å². The highest BCUT2D eigenvalue weighted by molar-refractivity contribution is 6.43. The van der Waals surface area contributed by atoms with Crippen LogP contribution in [0.25, 0.3) is 238 Å². The maximum absolute atomic E-state index is 5.12. The number of rotatable bonds is 15. The molecule has 24 aromatic rings. The van der Waals surface area contributed by atoms with Gasteiger partial charge in [0.05, 0.1) is 33.8 Å². The molecule has 7 heterocycles. The van der Waals surface area contributed by atoms with E-state index in [1.807, 2.05) is 61.6 Å². The van der Waals surface area contributed by atoms with E-state index in [9.17, 15) is 0 Å². The third kappa shape index (κ3) is 16.7. The molecule has 27 rings (SSSR count). The number of hydrogen-bond acceptors (Lipinski definition) is 7. The van der Waals surface area contributed by atoms with Gasteiger partial charge in [0.15, 0.2) is 0 Å². The second-order valence-electron chi connectivity index (χ2n) is 37.0. The van der Waals surface area contributed by atoms with E-state index in [0.29, 0.717) is 0 Å². The zero-order valence-electron chi connectivity index (χ0n) is 78.7. The van der Waals surface area contributed by atoms with Crippen LogP contribution >= 0.6 is 0 Å². The molecule has 2 aliphatic heterocycles. The fraction of sp³-hybridized carbons (Fsp3) is 0.0444. The maximum atomic E-state index is 5.12. The van der Waals surface area contributed by atoms with Crippen molar-refractivity contribution in [2.45, 2.75) is 38.5 Å². The van der Waals surface area contributed by atoms with E-state index >= 15 is 0 Å². The van der Waals surface area contributed by atoms with Gasteiger partial charge in [-0.1, -0.05) is 346 Å². The van der Waals surface area contributed by atoms with E-state index in [2.05, 4.69) is 461 Å². The highest BCUT2D eigenvalue weighted by Gasteiger charge is 2.27. The van der Waals surface area contributed by atoms with Crippen LogP contribution in [0.3, 0.4) is 0 Å². The molecule has 19 aromatic carbocycles. The van der Waals surface area contributed by atoms with Crippen LogP contribution in [-0.4, -0.2) is 40.9 Å². The minimum atomic E-state index is 0.866.